The van der Waals surface area contributed by atoms with E-state index in [1.54, 1.807) is 19.2 Å². The number of hydrogen-bond acceptors (Lipinski definition) is 3. The molecule has 0 spiro atoms. The van der Waals surface area contributed by atoms with Gasteiger partial charge >= 0.3 is 12.1 Å². The monoisotopic (exact) mass is 389 g/mol. The van der Waals surface area contributed by atoms with Crippen molar-refractivity contribution in [1.29, 1.82) is 0 Å². The minimum absolute atomic E-state index is 0.0228. The van der Waals surface area contributed by atoms with E-state index in [2.05, 4.69) is 9.84 Å². The van der Waals surface area contributed by atoms with Gasteiger partial charge in [0.05, 0.1) is 5.52 Å². The maximum absolute atomic E-state index is 14.1. The van der Waals surface area contributed by atoms with Crippen LogP contribution in [0.3, 0.4) is 0 Å². The Labute approximate surface area is 149 Å². The number of benzene rings is 2. The number of nitrogens with two attached hydrogens (primary N) is 1. The number of anilines is 1. The molecule has 0 atom stereocenters. The molecule has 4 nitrogen and oxygen atoms in total. The largest absolute Gasteiger partial charge is 0.483 e. The summed E-state index contributed by atoms with van der Waals surface area (Å²) in [4.78, 5) is 0. The van der Waals surface area contributed by atoms with Gasteiger partial charge < -0.3 is 10.5 Å². The van der Waals surface area contributed by atoms with Crippen LogP contribution in [-0.2, 0) is 7.05 Å². The molecule has 1 heterocycles. The molecule has 0 fully saturated rings. The van der Waals surface area contributed by atoms with Crippen LogP contribution in [0, 0.1) is 5.82 Å². The molecule has 27 heavy (non-hydrogen) atoms. The summed E-state index contributed by atoms with van der Waals surface area (Å²) in [5.41, 5.74) is 6.69. The molecule has 2 aromatic carbocycles. The predicted molar refractivity (Wildman–Crippen MR) is 87.0 cm³/mol. The minimum Gasteiger partial charge on any atom is -0.483 e. The molecule has 0 bridgehead atoms. The van der Waals surface area contributed by atoms with Crippen LogP contribution in [0.25, 0.3) is 22.0 Å². The quantitative estimate of drug-likeness (QED) is 0.667. The van der Waals surface area contributed by atoms with Gasteiger partial charge in [-0.2, -0.15) is 27.1 Å². The number of rotatable bonds is 4. The second-order valence-electron chi connectivity index (χ2n) is 5.85. The SMILES string of the molecule is Cn1nc(N)c2ccc(-c3cccc(F)c3OCC(F)(F)C(F)(F)F)cc21. The van der Waals surface area contributed by atoms with Gasteiger partial charge in [0.25, 0.3) is 0 Å². The van der Waals surface area contributed by atoms with Gasteiger partial charge in [0, 0.05) is 18.0 Å². The summed E-state index contributed by atoms with van der Waals surface area (Å²) in [6.45, 7) is -2.04. The highest BCUT2D eigenvalue weighted by atomic mass is 19.4. The van der Waals surface area contributed by atoms with E-state index in [4.69, 9.17) is 5.73 Å². The van der Waals surface area contributed by atoms with Gasteiger partial charge in [-0.15, -0.1) is 0 Å². The van der Waals surface area contributed by atoms with Crippen LogP contribution in [0.5, 0.6) is 5.75 Å². The summed E-state index contributed by atoms with van der Waals surface area (Å²) in [6, 6.07) is 8.22. The van der Waals surface area contributed by atoms with Crippen molar-refractivity contribution < 1.29 is 31.1 Å². The number of halogens is 6. The Hall–Kier alpha value is -2.91. The van der Waals surface area contributed by atoms with E-state index in [0.717, 1.165) is 6.07 Å². The summed E-state index contributed by atoms with van der Waals surface area (Å²) in [6.07, 6.45) is -5.80. The number of fused-ring (bicyclic) bond motifs is 1. The van der Waals surface area contributed by atoms with Gasteiger partial charge in [0.15, 0.2) is 24.0 Å². The molecule has 144 valence electrons. The maximum Gasteiger partial charge on any atom is 0.456 e. The summed E-state index contributed by atoms with van der Waals surface area (Å²) >= 11 is 0. The van der Waals surface area contributed by atoms with E-state index in [1.807, 2.05) is 0 Å². The molecule has 0 radical (unpaired) electrons. The molecule has 3 rings (SSSR count). The van der Waals surface area contributed by atoms with Crippen molar-refractivity contribution in [3.63, 3.8) is 0 Å². The van der Waals surface area contributed by atoms with Crippen LogP contribution in [0.2, 0.25) is 0 Å². The van der Waals surface area contributed by atoms with Crippen molar-refractivity contribution in [3.8, 4) is 16.9 Å². The number of para-hydroxylation sites is 1. The molecule has 0 aliphatic heterocycles. The van der Waals surface area contributed by atoms with Crippen molar-refractivity contribution in [2.45, 2.75) is 12.1 Å². The molecule has 0 saturated carbocycles. The Balaban J connectivity index is 2.02. The van der Waals surface area contributed by atoms with Crippen molar-refractivity contribution in [2.24, 2.45) is 7.05 Å². The fourth-order valence-electron chi connectivity index (χ4n) is 2.58. The molecule has 0 aliphatic carbocycles. The number of hydrogen-bond donors (Lipinski definition) is 1. The van der Waals surface area contributed by atoms with Crippen LogP contribution in [0.1, 0.15) is 0 Å². The van der Waals surface area contributed by atoms with Gasteiger partial charge in [-0.1, -0.05) is 18.2 Å². The molecule has 10 heteroatoms. The molecule has 1 aromatic heterocycles. The van der Waals surface area contributed by atoms with E-state index < -0.39 is 30.3 Å². The van der Waals surface area contributed by atoms with Gasteiger partial charge in [0.1, 0.15) is 0 Å². The summed E-state index contributed by atoms with van der Waals surface area (Å²) in [5.74, 6) is -6.61. The van der Waals surface area contributed by atoms with E-state index in [9.17, 15) is 26.3 Å². The zero-order valence-corrected chi connectivity index (χ0v) is 13.8. The fourth-order valence-corrected chi connectivity index (χ4v) is 2.58. The number of aromatic nitrogens is 2. The molecule has 0 amide bonds. The Kier molecular flexibility index (Phi) is 4.44. The number of nitrogens with zero attached hydrogens (tertiary/aromatic N) is 2. The van der Waals surface area contributed by atoms with E-state index in [-0.39, 0.29) is 11.4 Å². The number of alkyl halides is 5. The zero-order valence-electron chi connectivity index (χ0n) is 13.8. The average molecular weight is 389 g/mol. The Morgan fingerprint density at radius 3 is 2.48 bits per heavy atom. The topological polar surface area (TPSA) is 53.1 Å². The smallest absolute Gasteiger partial charge is 0.456 e. The van der Waals surface area contributed by atoms with Crippen molar-refractivity contribution in [2.75, 3.05) is 12.3 Å². The summed E-state index contributed by atoms with van der Waals surface area (Å²) < 4.78 is 83.5. The van der Waals surface area contributed by atoms with Crippen molar-refractivity contribution >= 4 is 16.7 Å². The molecular weight excluding hydrogens is 376 g/mol. The minimum atomic E-state index is -5.80. The molecule has 0 saturated heterocycles. The molecule has 0 aliphatic rings. The van der Waals surface area contributed by atoms with Crippen LogP contribution >= 0.6 is 0 Å². The first-order valence-electron chi connectivity index (χ1n) is 7.60. The number of ether oxygens (including phenoxy) is 1. The second kappa shape index (κ2) is 6.36. The van der Waals surface area contributed by atoms with Crippen LogP contribution in [-0.4, -0.2) is 28.5 Å². The summed E-state index contributed by atoms with van der Waals surface area (Å²) in [5, 5.41) is 4.64. The van der Waals surface area contributed by atoms with Crippen LogP contribution in [0.4, 0.5) is 32.2 Å². The van der Waals surface area contributed by atoms with Crippen LogP contribution < -0.4 is 10.5 Å². The molecule has 3 aromatic rings. The van der Waals surface area contributed by atoms with Gasteiger partial charge in [-0.3, -0.25) is 4.68 Å². The third-order valence-corrected chi connectivity index (χ3v) is 3.97. The van der Waals surface area contributed by atoms with Gasteiger partial charge in [0.2, 0.25) is 0 Å². The second-order valence-corrected chi connectivity index (χ2v) is 5.85. The highest BCUT2D eigenvalue weighted by Crippen LogP contribution is 2.39. The lowest BCUT2D eigenvalue weighted by Gasteiger charge is -2.21. The standard InChI is InChI=1S/C17H13F6N3O/c1-26-13-7-9(5-6-11(13)15(24)25-26)10-3-2-4-12(18)14(10)27-8-16(19,20)17(21,22)23/h2-7H,8H2,1H3,(H2,24,25). The van der Waals surface area contributed by atoms with Crippen molar-refractivity contribution in [1.82, 2.24) is 9.78 Å². The Morgan fingerprint density at radius 2 is 1.81 bits per heavy atom. The molecule has 2 N–H and O–H groups in total. The third-order valence-electron chi connectivity index (χ3n) is 3.97. The molecular formula is C17H13F6N3O. The van der Waals surface area contributed by atoms with Crippen LogP contribution in [0.15, 0.2) is 36.4 Å². The van der Waals surface area contributed by atoms with E-state index in [1.165, 1.54) is 22.9 Å². The first-order chi connectivity index (χ1) is 12.5. The Morgan fingerprint density at radius 1 is 1.11 bits per heavy atom. The Bertz CT molecular complexity index is 996. The lowest BCUT2D eigenvalue weighted by atomic mass is 10.0. The lowest BCUT2D eigenvalue weighted by molar-refractivity contribution is -0.290. The molecule has 0 unspecified atom stereocenters. The predicted octanol–water partition coefficient (Wildman–Crippen LogP) is 4.54. The highest BCUT2D eigenvalue weighted by molar-refractivity contribution is 5.92. The number of aryl methyl sites for hydroxylation is 1. The van der Waals surface area contributed by atoms with Crippen molar-refractivity contribution in [3.05, 3.63) is 42.2 Å². The zero-order chi connectivity index (χ0) is 20.0. The van der Waals surface area contributed by atoms with E-state index >= 15 is 0 Å². The van der Waals surface area contributed by atoms with E-state index in [0.29, 0.717) is 16.5 Å². The lowest BCUT2D eigenvalue weighted by Crippen LogP contribution is -2.41. The van der Waals surface area contributed by atoms with Gasteiger partial charge in [-0.05, 0) is 23.8 Å². The first kappa shape index (κ1) is 18.9. The number of nitrogen functional groups attached to an aromatic ring is 1. The first-order valence-corrected chi connectivity index (χ1v) is 7.60. The normalized spacial score (nSPS) is 12.6. The highest BCUT2D eigenvalue weighted by Gasteiger charge is 2.58. The third kappa shape index (κ3) is 3.38. The average Bonchev–Trinajstić information content (AvgIpc) is 2.86. The summed E-state index contributed by atoms with van der Waals surface area (Å²) in [7, 11) is 1.62. The fraction of sp³-hybridized carbons (Fsp3) is 0.235. The maximum atomic E-state index is 14.1. The van der Waals surface area contributed by atoms with Gasteiger partial charge in [-0.25, -0.2) is 4.39 Å².